The molecule has 0 aliphatic rings. The number of rotatable bonds is 2. The summed E-state index contributed by atoms with van der Waals surface area (Å²) in [6.07, 6.45) is 4.04. The molecule has 0 aliphatic heterocycles. The van der Waals surface area contributed by atoms with Crippen LogP contribution in [-0.2, 0) is 0 Å². The molecule has 18 heavy (non-hydrogen) atoms. The lowest BCUT2D eigenvalue weighted by atomic mass is 10.2. The van der Waals surface area contributed by atoms with E-state index in [0.29, 0.717) is 0 Å². The molecule has 0 saturated heterocycles. The van der Waals surface area contributed by atoms with E-state index in [1.807, 2.05) is 50.3 Å². The lowest BCUT2D eigenvalue weighted by molar-refractivity contribution is 1.16. The second-order valence-electron chi connectivity index (χ2n) is 4.00. The summed E-state index contributed by atoms with van der Waals surface area (Å²) in [5.41, 5.74) is 4.09. The van der Waals surface area contributed by atoms with Crippen LogP contribution in [-0.4, -0.2) is 9.97 Å². The molecular formula is C14H12Br2N2. The van der Waals surface area contributed by atoms with Crippen molar-refractivity contribution in [2.45, 2.75) is 13.8 Å². The van der Waals surface area contributed by atoms with Crippen LogP contribution in [0.2, 0.25) is 0 Å². The van der Waals surface area contributed by atoms with E-state index in [4.69, 9.17) is 0 Å². The average molecular weight is 368 g/mol. The Bertz CT molecular complexity index is 553. The van der Waals surface area contributed by atoms with Crippen LogP contribution in [0, 0.1) is 13.8 Å². The highest BCUT2D eigenvalue weighted by Gasteiger charge is 2.00. The zero-order valence-electron chi connectivity index (χ0n) is 10.1. The second kappa shape index (κ2) is 5.76. The van der Waals surface area contributed by atoms with Crippen molar-refractivity contribution >= 4 is 44.0 Å². The molecule has 0 radical (unpaired) electrons. The number of aryl methyl sites for hydroxylation is 2. The maximum Gasteiger partial charge on any atom is 0.113 e. The molecule has 2 nitrogen and oxygen atoms in total. The molecule has 0 fully saturated rings. The Hall–Kier alpha value is -1.000. The average Bonchev–Trinajstić information content (AvgIpc) is 2.30. The van der Waals surface area contributed by atoms with E-state index in [1.54, 1.807) is 0 Å². The minimum atomic E-state index is 0.856. The van der Waals surface area contributed by atoms with Gasteiger partial charge in [-0.3, -0.25) is 0 Å². The van der Waals surface area contributed by atoms with E-state index >= 15 is 0 Å². The lowest BCUT2D eigenvalue weighted by Gasteiger charge is -2.01. The smallest absolute Gasteiger partial charge is 0.113 e. The van der Waals surface area contributed by atoms with Gasteiger partial charge in [-0.25, -0.2) is 9.97 Å². The van der Waals surface area contributed by atoms with Crippen LogP contribution in [0.3, 0.4) is 0 Å². The zero-order valence-corrected chi connectivity index (χ0v) is 13.3. The summed E-state index contributed by atoms with van der Waals surface area (Å²) in [5.74, 6) is 0. The molecule has 2 heterocycles. The van der Waals surface area contributed by atoms with Crippen molar-refractivity contribution in [3.8, 4) is 0 Å². The molecule has 0 amide bonds. The molecule has 92 valence electrons. The van der Waals surface area contributed by atoms with Gasteiger partial charge < -0.3 is 0 Å². The Morgan fingerprint density at radius 1 is 0.778 bits per heavy atom. The summed E-state index contributed by atoms with van der Waals surface area (Å²) in [6.45, 7) is 3.94. The Kier molecular flexibility index (Phi) is 4.30. The number of hydrogen-bond donors (Lipinski definition) is 0. The molecule has 2 aromatic heterocycles. The van der Waals surface area contributed by atoms with Crippen molar-refractivity contribution in [1.82, 2.24) is 9.97 Å². The van der Waals surface area contributed by atoms with Crippen molar-refractivity contribution in [1.29, 1.82) is 0 Å². The summed E-state index contributed by atoms with van der Waals surface area (Å²) >= 11 is 6.92. The van der Waals surface area contributed by atoms with Gasteiger partial charge in [0.2, 0.25) is 0 Å². The maximum absolute atomic E-state index is 4.36. The molecule has 0 spiro atoms. The van der Waals surface area contributed by atoms with Crippen LogP contribution in [0.15, 0.2) is 33.5 Å². The highest BCUT2D eigenvalue weighted by molar-refractivity contribution is 9.10. The van der Waals surface area contributed by atoms with Gasteiger partial charge in [-0.05, 0) is 57.8 Å². The van der Waals surface area contributed by atoms with Crippen LogP contribution in [0.4, 0.5) is 0 Å². The highest BCUT2D eigenvalue weighted by Crippen LogP contribution is 2.20. The summed E-state index contributed by atoms with van der Waals surface area (Å²) in [4.78, 5) is 8.72. The van der Waals surface area contributed by atoms with Crippen LogP contribution >= 0.6 is 31.9 Å². The van der Waals surface area contributed by atoms with Gasteiger partial charge in [-0.1, -0.05) is 24.3 Å². The summed E-state index contributed by atoms with van der Waals surface area (Å²) in [7, 11) is 0. The van der Waals surface area contributed by atoms with Gasteiger partial charge in [0.15, 0.2) is 0 Å². The van der Waals surface area contributed by atoms with Gasteiger partial charge >= 0.3 is 0 Å². The molecule has 0 aromatic carbocycles. The fourth-order valence-corrected chi connectivity index (χ4v) is 2.59. The van der Waals surface area contributed by atoms with E-state index in [1.165, 1.54) is 0 Å². The van der Waals surface area contributed by atoms with Gasteiger partial charge in [-0.15, -0.1) is 0 Å². The van der Waals surface area contributed by atoms with Crippen molar-refractivity contribution in [2.24, 2.45) is 0 Å². The quantitative estimate of drug-likeness (QED) is 0.713. The number of halogens is 2. The van der Waals surface area contributed by atoms with Gasteiger partial charge in [0.1, 0.15) is 9.21 Å². The number of pyridine rings is 2. The second-order valence-corrected chi connectivity index (χ2v) is 5.50. The maximum atomic E-state index is 4.36. The first-order chi connectivity index (χ1) is 8.56. The fraction of sp³-hybridized carbons (Fsp3) is 0.143. The molecular weight excluding hydrogens is 356 g/mol. The standard InChI is InChI=1S/C14H12Br2N2/c1-9-3-5-11(13(15)17-9)7-8-12-6-4-10(2)18-14(12)16/h3-8H,1-2H3/b8-7-. The molecule has 4 heteroatoms. The summed E-state index contributed by atoms with van der Waals surface area (Å²) < 4.78 is 1.71. The third kappa shape index (κ3) is 3.27. The lowest BCUT2D eigenvalue weighted by Crippen LogP contribution is -1.86. The van der Waals surface area contributed by atoms with Crippen LogP contribution in [0.25, 0.3) is 12.2 Å². The Morgan fingerprint density at radius 3 is 1.50 bits per heavy atom. The predicted molar refractivity (Wildman–Crippen MR) is 82.3 cm³/mol. The van der Waals surface area contributed by atoms with Gasteiger partial charge in [0, 0.05) is 22.5 Å². The first kappa shape index (κ1) is 13.4. The molecule has 0 unspecified atom stereocenters. The Labute approximate surface area is 123 Å². The van der Waals surface area contributed by atoms with E-state index in [-0.39, 0.29) is 0 Å². The summed E-state index contributed by atoms with van der Waals surface area (Å²) in [6, 6.07) is 8.07. The fourth-order valence-electron chi connectivity index (χ4n) is 1.50. The predicted octanol–water partition coefficient (Wildman–Crippen LogP) is 4.79. The van der Waals surface area contributed by atoms with Crippen molar-refractivity contribution in [2.75, 3.05) is 0 Å². The topological polar surface area (TPSA) is 25.8 Å². The van der Waals surface area contributed by atoms with E-state index in [0.717, 1.165) is 31.7 Å². The SMILES string of the molecule is Cc1ccc(/C=C\c2ccc(C)nc2Br)c(Br)n1. The minimum Gasteiger partial charge on any atom is -0.246 e. The molecule has 0 aliphatic carbocycles. The van der Waals surface area contributed by atoms with Crippen molar-refractivity contribution in [3.05, 3.63) is 56.0 Å². The normalized spacial score (nSPS) is 11.1. The highest BCUT2D eigenvalue weighted by atomic mass is 79.9. The number of hydrogen-bond acceptors (Lipinski definition) is 2. The number of aromatic nitrogens is 2. The Balaban J connectivity index is 2.30. The number of nitrogens with zero attached hydrogens (tertiary/aromatic N) is 2. The third-order valence-corrected chi connectivity index (χ3v) is 3.75. The van der Waals surface area contributed by atoms with Gasteiger partial charge in [-0.2, -0.15) is 0 Å². The summed E-state index contributed by atoms with van der Waals surface area (Å²) in [5, 5.41) is 0. The Morgan fingerprint density at radius 2 is 1.17 bits per heavy atom. The van der Waals surface area contributed by atoms with Gasteiger partial charge in [0.25, 0.3) is 0 Å². The molecule has 2 aromatic rings. The first-order valence-electron chi connectivity index (χ1n) is 5.50. The first-order valence-corrected chi connectivity index (χ1v) is 7.09. The molecule has 0 atom stereocenters. The molecule has 2 rings (SSSR count). The zero-order chi connectivity index (χ0) is 13.1. The van der Waals surface area contributed by atoms with Crippen LogP contribution < -0.4 is 0 Å². The van der Waals surface area contributed by atoms with Crippen LogP contribution in [0.1, 0.15) is 22.5 Å². The van der Waals surface area contributed by atoms with E-state index in [9.17, 15) is 0 Å². The third-order valence-electron chi connectivity index (χ3n) is 2.48. The monoisotopic (exact) mass is 366 g/mol. The van der Waals surface area contributed by atoms with Crippen molar-refractivity contribution in [3.63, 3.8) is 0 Å². The largest absolute Gasteiger partial charge is 0.246 e. The minimum absolute atomic E-state index is 0.856. The van der Waals surface area contributed by atoms with Crippen LogP contribution in [0.5, 0.6) is 0 Å². The van der Waals surface area contributed by atoms with E-state index in [2.05, 4.69) is 41.8 Å². The van der Waals surface area contributed by atoms with Crippen molar-refractivity contribution < 1.29 is 0 Å². The van der Waals surface area contributed by atoms with Gasteiger partial charge in [0.05, 0.1) is 0 Å². The molecule has 0 bridgehead atoms. The molecule has 0 N–H and O–H groups in total. The van der Waals surface area contributed by atoms with E-state index < -0.39 is 0 Å². The molecule has 0 saturated carbocycles.